The fourth-order valence-corrected chi connectivity index (χ4v) is 0.581. The van der Waals surface area contributed by atoms with Gasteiger partial charge in [-0.3, -0.25) is 9.59 Å². The van der Waals surface area contributed by atoms with E-state index < -0.39 is 18.0 Å². The van der Waals surface area contributed by atoms with Crippen molar-refractivity contribution in [2.45, 2.75) is 25.8 Å². The summed E-state index contributed by atoms with van der Waals surface area (Å²) in [6.45, 7) is 2.13. The molecule has 0 saturated heterocycles. The molecule has 0 saturated carbocycles. The summed E-state index contributed by atoms with van der Waals surface area (Å²) in [6.07, 6.45) is 0.314. The zero-order valence-corrected chi connectivity index (χ0v) is 6.95. The smallest absolute Gasteiger partial charge is 0.323 e. The zero-order chi connectivity index (χ0) is 9.56. The van der Waals surface area contributed by atoms with E-state index in [1.54, 1.807) is 0 Å². The third kappa shape index (κ3) is 4.68. The molecule has 0 heterocycles. The van der Waals surface area contributed by atoms with E-state index in [0.29, 0.717) is 6.42 Å². The number of esters is 1. The van der Waals surface area contributed by atoms with Crippen molar-refractivity contribution < 1.29 is 19.4 Å². The van der Waals surface area contributed by atoms with E-state index >= 15 is 0 Å². The molecule has 0 bridgehead atoms. The number of hydrogen-bond acceptors (Lipinski definition) is 4. The maximum Gasteiger partial charge on any atom is 0.323 e. The molecule has 0 unspecified atom stereocenters. The van der Waals surface area contributed by atoms with E-state index in [2.05, 4.69) is 4.74 Å². The molecule has 0 spiro atoms. The lowest BCUT2D eigenvalue weighted by Crippen LogP contribution is -2.34. The predicted octanol–water partition coefficient (Wildman–Crippen LogP) is -0.258. The highest BCUT2D eigenvalue weighted by Crippen LogP contribution is 1.93. The lowest BCUT2D eigenvalue weighted by atomic mass is 10.2. The lowest BCUT2D eigenvalue weighted by molar-refractivity contribution is -0.149. The molecule has 0 rings (SSSR count). The van der Waals surface area contributed by atoms with Crippen LogP contribution in [0, 0.1) is 0 Å². The summed E-state index contributed by atoms with van der Waals surface area (Å²) < 4.78 is 4.63. The highest BCUT2D eigenvalue weighted by Gasteiger charge is 2.17. The molecular formula is C7H13NO4. The van der Waals surface area contributed by atoms with E-state index in [4.69, 9.17) is 10.8 Å². The first-order chi connectivity index (χ1) is 5.57. The minimum absolute atomic E-state index is 0.284. The molecule has 70 valence electrons. The number of carbonyl (C=O) groups is 2. The van der Waals surface area contributed by atoms with Gasteiger partial charge in [-0.05, 0) is 6.42 Å². The number of hydrogen-bond donors (Lipinski definition) is 2. The largest absolute Gasteiger partial charge is 0.481 e. The summed E-state index contributed by atoms with van der Waals surface area (Å²) in [5, 5.41) is 8.27. The van der Waals surface area contributed by atoms with Gasteiger partial charge in [0.05, 0.1) is 13.0 Å². The van der Waals surface area contributed by atoms with Crippen molar-refractivity contribution in [1.82, 2.24) is 0 Å². The van der Waals surface area contributed by atoms with E-state index in [-0.39, 0.29) is 13.0 Å². The van der Waals surface area contributed by atoms with Gasteiger partial charge in [0.25, 0.3) is 0 Å². The standard InChI is InChI=1S/C7H13NO4/c1-2-3-12-7(11)5(8)4-6(9)10/h5H,2-4,8H2,1H3,(H,9,10)/t5-/m0/s1. The summed E-state index contributed by atoms with van der Waals surface area (Å²) in [7, 11) is 0. The first kappa shape index (κ1) is 10.9. The summed E-state index contributed by atoms with van der Waals surface area (Å²) in [4.78, 5) is 20.9. The number of carboxylic acids is 1. The summed E-state index contributed by atoms with van der Waals surface area (Å²) in [5.74, 6) is -1.75. The average molecular weight is 175 g/mol. The van der Waals surface area contributed by atoms with Gasteiger partial charge in [0.15, 0.2) is 0 Å². The van der Waals surface area contributed by atoms with Crippen molar-refractivity contribution >= 4 is 11.9 Å². The Labute approximate surface area is 70.5 Å². The Morgan fingerprint density at radius 2 is 2.17 bits per heavy atom. The third-order valence-corrected chi connectivity index (χ3v) is 1.15. The number of ether oxygens (including phenoxy) is 1. The van der Waals surface area contributed by atoms with Gasteiger partial charge in [0.2, 0.25) is 0 Å². The van der Waals surface area contributed by atoms with Gasteiger partial charge in [-0.2, -0.15) is 0 Å². The second-order valence-corrected chi connectivity index (χ2v) is 2.37. The maximum absolute atomic E-state index is 10.8. The molecule has 0 aliphatic rings. The van der Waals surface area contributed by atoms with Crippen LogP contribution in [0.25, 0.3) is 0 Å². The Morgan fingerprint density at radius 3 is 2.58 bits per heavy atom. The highest BCUT2D eigenvalue weighted by atomic mass is 16.5. The molecule has 1 atom stereocenters. The summed E-state index contributed by atoms with van der Waals surface area (Å²) >= 11 is 0. The Balaban J connectivity index is 3.69. The lowest BCUT2D eigenvalue weighted by Gasteiger charge is -2.07. The summed E-state index contributed by atoms with van der Waals surface area (Å²) in [5.41, 5.74) is 5.20. The van der Waals surface area contributed by atoms with E-state index in [9.17, 15) is 9.59 Å². The van der Waals surface area contributed by atoms with Crippen LogP contribution in [0.4, 0.5) is 0 Å². The molecule has 0 aliphatic carbocycles. The van der Waals surface area contributed by atoms with Gasteiger partial charge in [0, 0.05) is 0 Å². The van der Waals surface area contributed by atoms with Crippen LogP contribution in [0.3, 0.4) is 0 Å². The van der Waals surface area contributed by atoms with Crippen LogP contribution < -0.4 is 5.73 Å². The number of carboxylic acid groups (broad SMARTS) is 1. The fraction of sp³-hybridized carbons (Fsp3) is 0.714. The quantitative estimate of drug-likeness (QED) is 0.562. The van der Waals surface area contributed by atoms with Crippen molar-refractivity contribution in [3.63, 3.8) is 0 Å². The molecule has 5 nitrogen and oxygen atoms in total. The van der Waals surface area contributed by atoms with Gasteiger partial charge < -0.3 is 15.6 Å². The molecule has 0 aliphatic heterocycles. The SMILES string of the molecule is CCCOC(=O)[C@@H](N)CC(=O)O. The van der Waals surface area contributed by atoms with Gasteiger partial charge in [-0.1, -0.05) is 6.92 Å². The van der Waals surface area contributed by atoms with Gasteiger partial charge in [-0.15, -0.1) is 0 Å². The molecule has 0 fully saturated rings. The number of carbonyl (C=O) groups excluding carboxylic acids is 1. The van der Waals surface area contributed by atoms with Crippen LogP contribution >= 0.6 is 0 Å². The minimum atomic E-state index is -1.10. The van der Waals surface area contributed by atoms with Crippen LogP contribution in [-0.4, -0.2) is 29.7 Å². The minimum Gasteiger partial charge on any atom is -0.481 e. The molecule has 3 N–H and O–H groups in total. The van der Waals surface area contributed by atoms with Crippen molar-refractivity contribution in [3.8, 4) is 0 Å². The molecular weight excluding hydrogens is 162 g/mol. The molecule has 12 heavy (non-hydrogen) atoms. The van der Waals surface area contributed by atoms with Crippen LogP contribution in [0.1, 0.15) is 19.8 Å². The third-order valence-electron chi connectivity index (χ3n) is 1.15. The molecule has 0 aromatic carbocycles. The van der Waals surface area contributed by atoms with Crippen molar-refractivity contribution in [3.05, 3.63) is 0 Å². The first-order valence-electron chi connectivity index (χ1n) is 3.72. The van der Waals surface area contributed by atoms with Gasteiger partial charge in [-0.25, -0.2) is 0 Å². The van der Waals surface area contributed by atoms with Crippen LogP contribution in [0.15, 0.2) is 0 Å². The van der Waals surface area contributed by atoms with E-state index in [1.807, 2.05) is 6.92 Å². The van der Waals surface area contributed by atoms with E-state index in [0.717, 1.165) is 0 Å². The maximum atomic E-state index is 10.8. The van der Waals surface area contributed by atoms with Gasteiger partial charge in [0.1, 0.15) is 6.04 Å². The first-order valence-corrected chi connectivity index (χ1v) is 3.72. The highest BCUT2D eigenvalue weighted by molar-refractivity contribution is 5.81. The molecule has 5 heteroatoms. The number of aliphatic carboxylic acids is 1. The van der Waals surface area contributed by atoms with Crippen molar-refractivity contribution in [2.24, 2.45) is 5.73 Å². The monoisotopic (exact) mass is 175 g/mol. The topological polar surface area (TPSA) is 89.6 Å². The van der Waals surface area contributed by atoms with E-state index in [1.165, 1.54) is 0 Å². The normalized spacial score (nSPS) is 12.2. The predicted molar refractivity (Wildman–Crippen MR) is 41.5 cm³/mol. The number of nitrogens with two attached hydrogens (primary N) is 1. The summed E-state index contributed by atoms with van der Waals surface area (Å²) in [6, 6.07) is -1.05. The van der Waals surface area contributed by atoms with Gasteiger partial charge >= 0.3 is 11.9 Å². The van der Waals surface area contributed by atoms with Crippen LogP contribution in [-0.2, 0) is 14.3 Å². The second-order valence-electron chi connectivity index (χ2n) is 2.37. The Bertz CT molecular complexity index is 169. The molecule has 0 amide bonds. The Morgan fingerprint density at radius 1 is 1.58 bits per heavy atom. The number of rotatable bonds is 5. The second kappa shape index (κ2) is 5.54. The molecule has 0 aromatic rings. The van der Waals surface area contributed by atoms with Crippen molar-refractivity contribution in [2.75, 3.05) is 6.61 Å². The van der Waals surface area contributed by atoms with Crippen LogP contribution in [0.5, 0.6) is 0 Å². The molecule has 0 radical (unpaired) electrons. The fourth-order valence-electron chi connectivity index (χ4n) is 0.581. The Hall–Kier alpha value is -1.10. The average Bonchev–Trinajstić information content (AvgIpc) is 1.98. The Kier molecular flexibility index (Phi) is 5.03. The van der Waals surface area contributed by atoms with Crippen molar-refractivity contribution in [1.29, 1.82) is 0 Å². The zero-order valence-electron chi connectivity index (χ0n) is 6.95. The molecule has 0 aromatic heterocycles. The van der Waals surface area contributed by atoms with Crippen LogP contribution in [0.2, 0.25) is 0 Å².